The number of aliphatic hydroxyl groups excluding tert-OH is 1. The number of nitrogens with one attached hydrogen (secondary N) is 2. The minimum absolute atomic E-state index is 0.182. The second-order valence-electron chi connectivity index (χ2n) is 6.58. The lowest BCUT2D eigenvalue weighted by atomic mass is 10.2. The summed E-state index contributed by atoms with van der Waals surface area (Å²) in [4.78, 5) is 26.6. The molecule has 1 aromatic carbocycles. The van der Waals surface area contributed by atoms with Crippen molar-refractivity contribution >= 4 is 17.5 Å². The number of rotatable bonds is 4. The van der Waals surface area contributed by atoms with Crippen molar-refractivity contribution in [3.8, 4) is 0 Å². The molecule has 2 aliphatic heterocycles. The summed E-state index contributed by atoms with van der Waals surface area (Å²) in [6.45, 7) is 2.53. The SMILES string of the molecule is O=C(NCCN1CCc2ccccc21)c1cc2n(n1)C[C@H](O)CNC2=O. The van der Waals surface area contributed by atoms with Gasteiger partial charge in [-0.1, -0.05) is 18.2 Å². The standard InChI is InChI=1S/C18H21N5O3/c24-13-10-20-18(26)16-9-14(21-23(16)11-13)17(25)19-6-8-22-7-5-12-3-1-2-4-15(12)22/h1-4,9,13,24H,5-8,10-11H2,(H,19,25)(H,20,26)/t13-/m1/s1. The quantitative estimate of drug-likeness (QED) is 0.704. The molecule has 8 nitrogen and oxygen atoms in total. The monoisotopic (exact) mass is 355 g/mol. The first kappa shape index (κ1) is 16.6. The predicted molar refractivity (Wildman–Crippen MR) is 95.3 cm³/mol. The Balaban J connectivity index is 1.37. The van der Waals surface area contributed by atoms with Gasteiger partial charge in [-0.15, -0.1) is 0 Å². The molecule has 4 rings (SSSR count). The molecular weight excluding hydrogens is 334 g/mol. The van der Waals surface area contributed by atoms with Crippen molar-refractivity contribution in [2.75, 3.05) is 31.1 Å². The molecule has 2 amide bonds. The van der Waals surface area contributed by atoms with Crippen LogP contribution in [0.3, 0.4) is 0 Å². The Labute approximate surface area is 150 Å². The van der Waals surface area contributed by atoms with Gasteiger partial charge in [0.15, 0.2) is 5.69 Å². The lowest BCUT2D eigenvalue weighted by Crippen LogP contribution is -2.34. The van der Waals surface area contributed by atoms with E-state index >= 15 is 0 Å². The molecule has 0 unspecified atom stereocenters. The van der Waals surface area contributed by atoms with Crippen LogP contribution in [-0.2, 0) is 13.0 Å². The first-order chi connectivity index (χ1) is 12.6. The lowest BCUT2D eigenvalue weighted by molar-refractivity contribution is 0.0931. The van der Waals surface area contributed by atoms with Gasteiger partial charge in [0.25, 0.3) is 11.8 Å². The molecule has 0 spiro atoms. The number of β-amino-alcohol motifs (C(OH)–C–C–N with tert-alkyl or cyclic N) is 1. The normalized spacial score (nSPS) is 18.7. The van der Waals surface area contributed by atoms with Crippen LogP contribution in [0.5, 0.6) is 0 Å². The topological polar surface area (TPSA) is 99.5 Å². The van der Waals surface area contributed by atoms with Crippen LogP contribution >= 0.6 is 0 Å². The maximum Gasteiger partial charge on any atom is 0.271 e. The Hall–Kier alpha value is -2.87. The zero-order chi connectivity index (χ0) is 18.1. The van der Waals surface area contributed by atoms with Crippen molar-refractivity contribution in [1.29, 1.82) is 0 Å². The van der Waals surface area contributed by atoms with E-state index in [2.05, 4.69) is 32.8 Å². The molecule has 2 aliphatic rings. The smallest absolute Gasteiger partial charge is 0.271 e. The third-order valence-electron chi connectivity index (χ3n) is 4.78. The average Bonchev–Trinajstić information content (AvgIpc) is 3.21. The third kappa shape index (κ3) is 3.15. The molecule has 3 N–H and O–H groups in total. The highest BCUT2D eigenvalue weighted by Gasteiger charge is 2.24. The van der Waals surface area contributed by atoms with Crippen molar-refractivity contribution < 1.29 is 14.7 Å². The van der Waals surface area contributed by atoms with E-state index in [1.54, 1.807) is 0 Å². The van der Waals surface area contributed by atoms with Crippen molar-refractivity contribution in [3.05, 3.63) is 47.3 Å². The van der Waals surface area contributed by atoms with Gasteiger partial charge in [0.1, 0.15) is 5.69 Å². The highest BCUT2D eigenvalue weighted by atomic mass is 16.3. The summed E-state index contributed by atoms with van der Waals surface area (Å²) in [5.74, 6) is -0.651. The number of anilines is 1. The van der Waals surface area contributed by atoms with E-state index in [4.69, 9.17) is 0 Å². The first-order valence-electron chi connectivity index (χ1n) is 8.77. The van der Waals surface area contributed by atoms with Gasteiger partial charge in [-0.25, -0.2) is 0 Å². The molecule has 0 bridgehead atoms. The predicted octanol–water partition coefficient (Wildman–Crippen LogP) is -0.220. The van der Waals surface area contributed by atoms with Crippen molar-refractivity contribution in [1.82, 2.24) is 20.4 Å². The number of amides is 2. The molecule has 2 aromatic rings. The molecule has 8 heteroatoms. The highest BCUT2D eigenvalue weighted by Crippen LogP contribution is 2.26. The summed E-state index contributed by atoms with van der Waals surface area (Å²) in [6.07, 6.45) is 0.307. The molecule has 1 aromatic heterocycles. The van der Waals surface area contributed by atoms with Crippen molar-refractivity contribution in [2.45, 2.75) is 19.1 Å². The number of hydrogen-bond acceptors (Lipinski definition) is 5. The van der Waals surface area contributed by atoms with E-state index in [-0.39, 0.29) is 30.6 Å². The molecule has 0 aliphatic carbocycles. The van der Waals surface area contributed by atoms with Gasteiger partial charge in [-0.2, -0.15) is 5.10 Å². The van der Waals surface area contributed by atoms with Gasteiger partial charge < -0.3 is 20.6 Å². The Morgan fingerprint density at radius 3 is 3.12 bits per heavy atom. The number of carbonyl (C=O) groups excluding carboxylic acids is 2. The second-order valence-corrected chi connectivity index (χ2v) is 6.58. The number of hydrogen-bond donors (Lipinski definition) is 3. The minimum atomic E-state index is -0.716. The molecule has 3 heterocycles. The Bertz CT molecular complexity index is 847. The molecule has 26 heavy (non-hydrogen) atoms. The summed E-state index contributed by atoms with van der Waals surface area (Å²) >= 11 is 0. The second kappa shape index (κ2) is 6.80. The Morgan fingerprint density at radius 2 is 2.23 bits per heavy atom. The van der Waals surface area contributed by atoms with Gasteiger partial charge >= 0.3 is 0 Å². The van der Waals surface area contributed by atoms with Gasteiger partial charge in [-0.3, -0.25) is 14.3 Å². The van der Waals surface area contributed by atoms with Crippen LogP contribution < -0.4 is 15.5 Å². The van der Waals surface area contributed by atoms with Crippen LogP contribution in [0.2, 0.25) is 0 Å². The molecular formula is C18H21N5O3. The van der Waals surface area contributed by atoms with E-state index in [1.807, 2.05) is 12.1 Å². The number of fused-ring (bicyclic) bond motifs is 2. The average molecular weight is 355 g/mol. The summed E-state index contributed by atoms with van der Waals surface area (Å²) in [6, 6.07) is 9.76. The van der Waals surface area contributed by atoms with Gasteiger partial charge in [0.05, 0.1) is 12.6 Å². The van der Waals surface area contributed by atoms with Crippen molar-refractivity contribution in [2.24, 2.45) is 0 Å². The zero-order valence-electron chi connectivity index (χ0n) is 14.3. The molecule has 0 fully saturated rings. The van der Waals surface area contributed by atoms with Crippen LogP contribution in [0, 0.1) is 0 Å². The molecule has 1 atom stereocenters. The maximum absolute atomic E-state index is 12.4. The summed E-state index contributed by atoms with van der Waals surface area (Å²) in [5.41, 5.74) is 3.04. The van der Waals surface area contributed by atoms with E-state index in [1.165, 1.54) is 22.0 Å². The van der Waals surface area contributed by atoms with Crippen LogP contribution in [-0.4, -0.2) is 59.0 Å². The number of benzene rings is 1. The highest BCUT2D eigenvalue weighted by molar-refractivity contribution is 5.98. The van der Waals surface area contributed by atoms with Gasteiger partial charge in [-0.05, 0) is 18.1 Å². The van der Waals surface area contributed by atoms with Crippen LogP contribution in [0.15, 0.2) is 30.3 Å². The summed E-state index contributed by atoms with van der Waals surface area (Å²) in [5, 5.41) is 19.4. The van der Waals surface area contributed by atoms with E-state index < -0.39 is 6.10 Å². The van der Waals surface area contributed by atoms with Crippen LogP contribution in [0.1, 0.15) is 26.5 Å². The van der Waals surface area contributed by atoms with Crippen LogP contribution in [0.25, 0.3) is 0 Å². The third-order valence-corrected chi connectivity index (χ3v) is 4.78. The first-order valence-corrected chi connectivity index (χ1v) is 8.77. The fourth-order valence-electron chi connectivity index (χ4n) is 3.45. The molecule has 0 radical (unpaired) electrons. The minimum Gasteiger partial charge on any atom is -0.389 e. The number of nitrogens with zero attached hydrogens (tertiary/aromatic N) is 3. The zero-order valence-corrected chi connectivity index (χ0v) is 14.3. The fraction of sp³-hybridized carbons (Fsp3) is 0.389. The summed E-state index contributed by atoms with van der Waals surface area (Å²) in [7, 11) is 0. The van der Waals surface area contributed by atoms with E-state index in [0.717, 1.165) is 19.5 Å². The molecule has 136 valence electrons. The Morgan fingerprint density at radius 1 is 1.38 bits per heavy atom. The van der Waals surface area contributed by atoms with Gasteiger partial charge in [0, 0.05) is 37.9 Å². The van der Waals surface area contributed by atoms with E-state index in [0.29, 0.717) is 12.2 Å². The number of para-hydroxylation sites is 1. The molecule has 0 saturated heterocycles. The van der Waals surface area contributed by atoms with Crippen molar-refractivity contribution in [3.63, 3.8) is 0 Å². The Kier molecular flexibility index (Phi) is 4.34. The van der Waals surface area contributed by atoms with Gasteiger partial charge in [0.2, 0.25) is 0 Å². The number of aliphatic hydroxyl groups is 1. The summed E-state index contributed by atoms with van der Waals surface area (Å²) < 4.78 is 1.39. The number of aromatic nitrogens is 2. The number of carbonyl (C=O) groups is 2. The lowest BCUT2D eigenvalue weighted by Gasteiger charge is -2.19. The van der Waals surface area contributed by atoms with Crippen LogP contribution in [0.4, 0.5) is 5.69 Å². The fourth-order valence-corrected chi connectivity index (χ4v) is 3.45. The largest absolute Gasteiger partial charge is 0.389 e. The van der Waals surface area contributed by atoms with E-state index in [9.17, 15) is 14.7 Å². The maximum atomic E-state index is 12.4. The molecule has 0 saturated carbocycles.